The van der Waals surface area contributed by atoms with E-state index < -0.39 is 0 Å². The molecular weight excluding hydrogens is 282 g/mol. The maximum atomic E-state index is 12.2. The van der Waals surface area contributed by atoms with Gasteiger partial charge in [-0.2, -0.15) is 0 Å². The van der Waals surface area contributed by atoms with Crippen molar-refractivity contribution in [1.29, 1.82) is 0 Å². The molecule has 22 heavy (non-hydrogen) atoms. The molecule has 2 N–H and O–H groups in total. The van der Waals surface area contributed by atoms with Crippen LogP contribution in [0.25, 0.3) is 0 Å². The van der Waals surface area contributed by atoms with Gasteiger partial charge >= 0.3 is 0 Å². The summed E-state index contributed by atoms with van der Waals surface area (Å²) in [4.78, 5) is 37.5. The number of piperidine rings is 1. The lowest BCUT2D eigenvalue weighted by atomic mass is 10.1. The molecule has 6 heteroatoms. The molecule has 3 amide bonds. The van der Waals surface area contributed by atoms with E-state index in [1.165, 1.54) is 0 Å². The van der Waals surface area contributed by atoms with Crippen LogP contribution in [0.5, 0.6) is 0 Å². The number of fused-ring (bicyclic) bond motifs is 1. The molecule has 116 valence electrons. The van der Waals surface area contributed by atoms with E-state index in [1.807, 2.05) is 0 Å². The van der Waals surface area contributed by atoms with Crippen molar-refractivity contribution in [3.63, 3.8) is 0 Å². The van der Waals surface area contributed by atoms with E-state index in [0.717, 1.165) is 30.8 Å². The number of rotatable bonds is 4. The molecule has 1 saturated heterocycles. The minimum atomic E-state index is -0.312. The van der Waals surface area contributed by atoms with Gasteiger partial charge in [-0.25, -0.2) is 0 Å². The van der Waals surface area contributed by atoms with Crippen LogP contribution in [-0.2, 0) is 4.79 Å². The highest BCUT2D eigenvalue weighted by molar-refractivity contribution is 6.21. The standard InChI is InChI=1S/C16H19N3O3/c20-14(18-11-4-3-8-17-10-11)7-9-19-15(21)12-5-1-2-6-13(12)16(19)22/h1-2,5-6,11,17H,3-4,7-10H2,(H,18,20)/t11-/m0/s1. The van der Waals surface area contributed by atoms with Gasteiger partial charge in [-0.3, -0.25) is 19.3 Å². The third-order valence-electron chi connectivity index (χ3n) is 4.10. The molecule has 0 spiro atoms. The summed E-state index contributed by atoms with van der Waals surface area (Å²) < 4.78 is 0. The molecule has 0 radical (unpaired) electrons. The minimum absolute atomic E-state index is 0.120. The van der Waals surface area contributed by atoms with Crippen molar-refractivity contribution in [3.8, 4) is 0 Å². The summed E-state index contributed by atoms with van der Waals surface area (Å²) in [7, 11) is 0. The molecule has 1 aromatic carbocycles. The van der Waals surface area contributed by atoms with Crippen LogP contribution in [0.4, 0.5) is 0 Å². The quantitative estimate of drug-likeness (QED) is 0.796. The Morgan fingerprint density at radius 3 is 2.50 bits per heavy atom. The van der Waals surface area contributed by atoms with Crippen molar-refractivity contribution in [2.75, 3.05) is 19.6 Å². The average molecular weight is 301 g/mol. The van der Waals surface area contributed by atoms with Gasteiger partial charge in [0.15, 0.2) is 0 Å². The molecule has 0 bridgehead atoms. The van der Waals surface area contributed by atoms with Crippen molar-refractivity contribution in [3.05, 3.63) is 35.4 Å². The Morgan fingerprint density at radius 1 is 1.23 bits per heavy atom. The third-order valence-corrected chi connectivity index (χ3v) is 4.10. The Hall–Kier alpha value is -2.21. The maximum absolute atomic E-state index is 12.2. The van der Waals surface area contributed by atoms with E-state index in [-0.39, 0.29) is 36.7 Å². The highest BCUT2D eigenvalue weighted by Crippen LogP contribution is 2.22. The SMILES string of the molecule is O=C(CCN1C(=O)c2ccccc2C1=O)N[C@H]1CCCNC1. The Kier molecular flexibility index (Phi) is 4.20. The van der Waals surface area contributed by atoms with E-state index in [0.29, 0.717) is 11.1 Å². The lowest BCUT2D eigenvalue weighted by molar-refractivity contribution is -0.122. The third kappa shape index (κ3) is 2.87. The molecule has 6 nitrogen and oxygen atoms in total. The summed E-state index contributed by atoms with van der Waals surface area (Å²) in [6.45, 7) is 1.89. The molecule has 0 aliphatic carbocycles. The fourth-order valence-corrected chi connectivity index (χ4v) is 2.93. The highest BCUT2D eigenvalue weighted by atomic mass is 16.2. The van der Waals surface area contributed by atoms with E-state index in [1.54, 1.807) is 24.3 Å². The summed E-state index contributed by atoms with van der Waals surface area (Å²) in [5, 5.41) is 6.17. The fraction of sp³-hybridized carbons (Fsp3) is 0.438. The van der Waals surface area contributed by atoms with Crippen LogP contribution in [0, 0.1) is 0 Å². The summed E-state index contributed by atoms with van der Waals surface area (Å²) in [6, 6.07) is 6.89. The van der Waals surface area contributed by atoms with E-state index in [4.69, 9.17) is 0 Å². The lowest BCUT2D eigenvalue weighted by Crippen LogP contribution is -2.46. The minimum Gasteiger partial charge on any atom is -0.352 e. The lowest BCUT2D eigenvalue weighted by Gasteiger charge is -2.24. The van der Waals surface area contributed by atoms with E-state index in [9.17, 15) is 14.4 Å². The first-order valence-corrected chi connectivity index (χ1v) is 7.62. The number of nitrogens with one attached hydrogen (secondary N) is 2. The first-order chi connectivity index (χ1) is 10.7. The van der Waals surface area contributed by atoms with Gasteiger partial charge in [0.25, 0.3) is 11.8 Å². The predicted octanol–water partition coefficient (Wildman–Crippen LogP) is 0.541. The second-order valence-electron chi connectivity index (χ2n) is 5.67. The number of imide groups is 1. The van der Waals surface area contributed by atoms with Crippen LogP contribution in [-0.4, -0.2) is 48.3 Å². The van der Waals surface area contributed by atoms with Crippen LogP contribution in [0.15, 0.2) is 24.3 Å². The molecule has 0 aromatic heterocycles. The highest BCUT2D eigenvalue weighted by Gasteiger charge is 2.35. The molecule has 2 aliphatic rings. The number of benzene rings is 1. The number of nitrogens with zero attached hydrogens (tertiary/aromatic N) is 1. The molecule has 2 aliphatic heterocycles. The summed E-state index contributed by atoms with van der Waals surface area (Å²) in [5.41, 5.74) is 0.841. The number of amides is 3. The first kappa shape index (κ1) is 14.7. The Balaban J connectivity index is 1.55. The van der Waals surface area contributed by atoms with Gasteiger partial charge in [0, 0.05) is 25.6 Å². The van der Waals surface area contributed by atoms with Crippen LogP contribution in [0.1, 0.15) is 40.0 Å². The summed E-state index contributed by atoms with van der Waals surface area (Å²) in [6.07, 6.45) is 2.15. The zero-order valence-electron chi connectivity index (χ0n) is 12.3. The maximum Gasteiger partial charge on any atom is 0.261 e. The first-order valence-electron chi connectivity index (χ1n) is 7.62. The Morgan fingerprint density at radius 2 is 1.91 bits per heavy atom. The van der Waals surface area contributed by atoms with Gasteiger partial charge < -0.3 is 10.6 Å². The monoisotopic (exact) mass is 301 g/mol. The van der Waals surface area contributed by atoms with Gasteiger partial charge in [-0.05, 0) is 31.5 Å². The van der Waals surface area contributed by atoms with Gasteiger partial charge in [0.05, 0.1) is 11.1 Å². The second-order valence-corrected chi connectivity index (χ2v) is 5.67. The summed E-state index contributed by atoms with van der Waals surface area (Å²) in [5.74, 6) is -0.745. The van der Waals surface area contributed by atoms with E-state index in [2.05, 4.69) is 10.6 Å². The zero-order valence-corrected chi connectivity index (χ0v) is 12.3. The number of carbonyl (C=O) groups excluding carboxylic acids is 3. The molecule has 1 fully saturated rings. The van der Waals surface area contributed by atoms with Crippen molar-refractivity contribution in [2.45, 2.75) is 25.3 Å². The summed E-state index contributed by atoms with van der Waals surface area (Å²) >= 11 is 0. The zero-order chi connectivity index (χ0) is 15.5. The topological polar surface area (TPSA) is 78.5 Å². The molecule has 1 aromatic rings. The van der Waals surface area contributed by atoms with Crippen molar-refractivity contribution < 1.29 is 14.4 Å². The Labute approximate surface area is 128 Å². The van der Waals surface area contributed by atoms with Gasteiger partial charge in [0.1, 0.15) is 0 Å². The molecular formula is C16H19N3O3. The van der Waals surface area contributed by atoms with Crippen LogP contribution >= 0.6 is 0 Å². The van der Waals surface area contributed by atoms with Crippen molar-refractivity contribution in [1.82, 2.24) is 15.5 Å². The number of hydrogen-bond acceptors (Lipinski definition) is 4. The average Bonchev–Trinajstić information content (AvgIpc) is 2.78. The second kappa shape index (κ2) is 6.27. The molecule has 1 atom stereocenters. The van der Waals surface area contributed by atoms with Gasteiger partial charge in [-0.1, -0.05) is 12.1 Å². The van der Waals surface area contributed by atoms with Crippen molar-refractivity contribution >= 4 is 17.7 Å². The molecule has 0 saturated carbocycles. The fourth-order valence-electron chi connectivity index (χ4n) is 2.93. The van der Waals surface area contributed by atoms with E-state index >= 15 is 0 Å². The number of carbonyl (C=O) groups is 3. The van der Waals surface area contributed by atoms with Crippen molar-refractivity contribution in [2.24, 2.45) is 0 Å². The smallest absolute Gasteiger partial charge is 0.261 e. The van der Waals surface area contributed by atoms with Crippen LogP contribution in [0.2, 0.25) is 0 Å². The molecule has 0 unspecified atom stereocenters. The molecule has 2 heterocycles. The van der Waals surface area contributed by atoms with Crippen LogP contribution in [0.3, 0.4) is 0 Å². The van der Waals surface area contributed by atoms with Crippen LogP contribution < -0.4 is 10.6 Å². The normalized spacial score (nSPS) is 20.9. The Bertz CT molecular complexity index is 573. The molecule has 3 rings (SSSR count). The van der Waals surface area contributed by atoms with Gasteiger partial charge in [0.2, 0.25) is 5.91 Å². The van der Waals surface area contributed by atoms with Gasteiger partial charge in [-0.15, -0.1) is 0 Å². The number of hydrogen-bond donors (Lipinski definition) is 2. The largest absolute Gasteiger partial charge is 0.352 e. The predicted molar refractivity (Wildman–Crippen MR) is 80.5 cm³/mol.